The van der Waals surface area contributed by atoms with E-state index in [9.17, 15) is 19.8 Å². The first-order valence-corrected chi connectivity index (χ1v) is 11.6. The van der Waals surface area contributed by atoms with Gasteiger partial charge in [-0.2, -0.15) is 0 Å². The number of aliphatic hydroxyl groups is 2. The summed E-state index contributed by atoms with van der Waals surface area (Å²) >= 11 is 0. The minimum absolute atomic E-state index is 0.0157. The molecule has 1 aromatic carbocycles. The average Bonchev–Trinajstić information content (AvgIpc) is 3.46. The van der Waals surface area contributed by atoms with Crippen LogP contribution in [0.4, 0.5) is 0 Å². The fourth-order valence-electron chi connectivity index (χ4n) is 5.22. The van der Waals surface area contributed by atoms with Gasteiger partial charge in [0.25, 0.3) is 0 Å². The summed E-state index contributed by atoms with van der Waals surface area (Å²) in [5, 5.41) is 23.4. The van der Waals surface area contributed by atoms with E-state index >= 15 is 0 Å². The normalized spacial score (nSPS) is 26.9. The van der Waals surface area contributed by atoms with Crippen molar-refractivity contribution >= 4 is 11.8 Å². The van der Waals surface area contributed by atoms with E-state index in [1.807, 2.05) is 37.3 Å². The molecule has 2 aliphatic carbocycles. The van der Waals surface area contributed by atoms with Crippen LogP contribution in [0.3, 0.4) is 0 Å². The van der Waals surface area contributed by atoms with Crippen molar-refractivity contribution in [1.82, 2.24) is 10.2 Å². The highest BCUT2D eigenvalue weighted by atomic mass is 16.5. The number of para-hydroxylation sites is 1. The Hall–Kier alpha value is -2.64. The van der Waals surface area contributed by atoms with Crippen LogP contribution in [0.15, 0.2) is 48.1 Å². The largest absolute Gasteiger partial charge is 0.486 e. The van der Waals surface area contributed by atoms with Gasteiger partial charge in [-0.05, 0) is 37.5 Å². The van der Waals surface area contributed by atoms with Gasteiger partial charge in [-0.15, -0.1) is 0 Å². The molecule has 3 aliphatic rings. The molecule has 1 fully saturated rings. The van der Waals surface area contributed by atoms with Gasteiger partial charge in [0.15, 0.2) is 0 Å². The zero-order valence-electron chi connectivity index (χ0n) is 18.4. The van der Waals surface area contributed by atoms with Crippen molar-refractivity contribution in [2.75, 3.05) is 13.2 Å². The van der Waals surface area contributed by atoms with Crippen molar-refractivity contribution in [1.29, 1.82) is 0 Å². The molecule has 172 valence electrons. The van der Waals surface area contributed by atoms with E-state index in [4.69, 9.17) is 4.74 Å². The molecule has 2 amide bonds. The minimum atomic E-state index is -0.971. The fourth-order valence-corrected chi connectivity index (χ4v) is 5.22. The lowest BCUT2D eigenvalue weighted by atomic mass is 9.77. The van der Waals surface area contributed by atoms with Gasteiger partial charge in [0.2, 0.25) is 11.8 Å². The lowest BCUT2D eigenvalue weighted by molar-refractivity contribution is -0.135. The number of hydrogen-bond acceptors (Lipinski definition) is 5. The topological polar surface area (TPSA) is 99.1 Å². The molecule has 1 heterocycles. The van der Waals surface area contributed by atoms with Gasteiger partial charge in [-0.3, -0.25) is 9.59 Å². The molecule has 7 heteroatoms. The van der Waals surface area contributed by atoms with Crippen LogP contribution in [0.25, 0.3) is 0 Å². The predicted molar refractivity (Wildman–Crippen MR) is 120 cm³/mol. The second-order valence-electron chi connectivity index (χ2n) is 8.68. The standard InChI is InChI=1S/C25H32N2O5/c1-2-3-12-21(29)27(16-8-4-5-9-16)19-15-18(25(31)26-13-14-28)22-17-10-6-7-11-20(17)32-24(22)23(19)30/h3,6-7,10-12,15-16,19,22-24,28,30H,2,4-5,8-9,13-14H2,1H3,(H,26,31). The number of amides is 2. The number of benzene rings is 1. The Labute approximate surface area is 188 Å². The van der Waals surface area contributed by atoms with Crippen LogP contribution in [0.1, 0.15) is 50.5 Å². The number of hydrogen-bond donors (Lipinski definition) is 3. The number of carbonyl (C=O) groups is 2. The fraction of sp³-hybridized carbons (Fsp3) is 0.520. The summed E-state index contributed by atoms with van der Waals surface area (Å²) < 4.78 is 6.14. The van der Waals surface area contributed by atoms with Gasteiger partial charge in [-0.25, -0.2) is 0 Å². The van der Waals surface area contributed by atoms with E-state index in [1.165, 1.54) is 0 Å². The summed E-state index contributed by atoms with van der Waals surface area (Å²) in [6, 6.07) is 6.83. The highest BCUT2D eigenvalue weighted by Crippen LogP contribution is 2.47. The van der Waals surface area contributed by atoms with Crippen LogP contribution >= 0.6 is 0 Å². The molecule has 0 radical (unpaired) electrons. The van der Waals surface area contributed by atoms with Crippen LogP contribution in [-0.4, -0.2) is 64.4 Å². The Kier molecular flexibility index (Phi) is 6.96. The molecule has 4 rings (SSSR count). The molecule has 1 aliphatic heterocycles. The number of carbonyl (C=O) groups excluding carboxylic acids is 2. The van der Waals surface area contributed by atoms with Crippen molar-refractivity contribution in [2.45, 2.75) is 69.2 Å². The Balaban J connectivity index is 1.76. The van der Waals surface area contributed by atoms with Crippen molar-refractivity contribution in [3.8, 4) is 5.75 Å². The Morgan fingerprint density at radius 2 is 2.00 bits per heavy atom. The maximum absolute atomic E-state index is 13.2. The number of ether oxygens (including phenoxy) is 1. The van der Waals surface area contributed by atoms with Gasteiger partial charge < -0.3 is 25.2 Å². The Morgan fingerprint density at radius 3 is 2.72 bits per heavy atom. The quantitative estimate of drug-likeness (QED) is 0.564. The molecular weight excluding hydrogens is 408 g/mol. The van der Waals surface area contributed by atoms with Gasteiger partial charge >= 0.3 is 0 Å². The average molecular weight is 441 g/mol. The minimum Gasteiger partial charge on any atom is -0.486 e. The number of aliphatic hydroxyl groups excluding tert-OH is 2. The summed E-state index contributed by atoms with van der Waals surface area (Å²) in [6.07, 6.45) is 8.08. The van der Waals surface area contributed by atoms with E-state index in [-0.39, 0.29) is 31.0 Å². The number of allylic oxidation sites excluding steroid dienone is 1. The third-order valence-electron chi connectivity index (χ3n) is 6.67. The van der Waals surface area contributed by atoms with E-state index in [0.29, 0.717) is 11.3 Å². The second-order valence-corrected chi connectivity index (χ2v) is 8.68. The van der Waals surface area contributed by atoms with E-state index < -0.39 is 24.2 Å². The maximum atomic E-state index is 13.2. The molecule has 3 N–H and O–H groups in total. The lowest BCUT2D eigenvalue weighted by Crippen LogP contribution is -2.57. The van der Waals surface area contributed by atoms with Crippen LogP contribution in [0.2, 0.25) is 0 Å². The molecule has 7 nitrogen and oxygen atoms in total. The first kappa shape index (κ1) is 22.6. The lowest BCUT2D eigenvalue weighted by Gasteiger charge is -2.42. The summed E-state index contributed by atoms with van der Waals surface area (Å²) in [4.78, 5) is 28.1. The van der Waals surface area contributed by atoms with Crippen LogP contribution in [-0.2, 0) is 9.59 Å². The molecule has 0 bridgehead atoms. The summed E-state index contributed by atoms with van der Waals surface area (Å²) in [5.41, 5.74) is 1.32. The number of nitrogens with zero attached hydrogens (tertiary/aromatic N) is 1. The molecule has 4 atom stereocenters. The summed E-state index contributed by atoms with van der Waals surface area (Å²) in [6.45, 7) is 1.94. The first-order chi connectivity index (χ1) is 15.6. The number of nitrogens with one attached hydrogen (secondary N) is 1. The molecule has 4 unspecified atom stereocenters. The molecule has 0 spiro atoms. The third-order valence-corrected chi connectivity index (χ3v) is 6.67. The van der Waals surface area contributed by atoms with Crippen LogP contribution in [0, 0.1) is 0 Å². The van der Waals surface area contributed by atoms with Gasteiger partial charge in [0.05, 0.1) is 18.6 Å². The molecule has 0 aromatic heterocycles. The van der Waals surface area contributed by atoms with Crippen LogP contribution in [0.5, 0.6) is 5.75 Å². The van der Waals surface area contributed by atoms with Crippen molar-refractivity contribution in [3.63, 3.8) is 0 Å². The van der Waals surface area contributed by atoms with E-state index in [1.54, 1.807) is 17.1 Å². The van der Waals surface area contributed by atoms with E-state index in [0.717, 1.165) is 37.7 Å². The van der Waals surface area contributed by atoms with Crippen molar-refractivity contribution in [2.24, 2.45) is 0 Å². The third kappa shape index (κ3) is 4.19. The van der Waals surface area contributed by atoms with Crippen molar-refractivity contribution in [3.05, 3.63) is 53.6 Å². The first-order valence-electron chi connectivity index (χ1n) is 11.6. The smallest absolute Gasteiger partial charge is 0.247 e. The molecule has 0 saturated heterocycles. The Bertz CT molecular complexity index is 905. The maximum Gasteiger partial charge on any atom is 0.247 e. The van der Waals surface area contributed by atoms with Crippen LogP contribution < -0.4 is 10.1 Å². The summed E-state index contributed by atoms with van der Waals surface area (Å²) in [7, 11) is 0. The number of fused-ring (bicyclic) bond motifs is 3. The van der Waals surface area contributed by atoms with E-state index in [2.05, 4.69) is 5.32 Å². The molecule has 32 heavy (non-hydrogen) atoms. The van der Waals surface area contributed by atoms with Gasteiger partial charge in [0, 0.05) is 23.7 Å². The highest BCUT2D eigenvalue weighted by molar-refractivity contribution is 5.96. The Morgan fingerprint density at radius 1 is 1.25 bits per heavy atom. The SMILES string of the molecule is CCC=CC(=O)N(C1CCCC1)C1C=C(C(=O)NCCO)C2c3ccccc3OC2C1O. The molecular formula is C25H32N2O5. The monoisotopic (exact) mass is 440 g/mol. The van der Waals surface area contributed by atoms with Gasteiger partial charge in [-0.1, -0.05) is 44.0 Å². The summed E-state index contributed by atoms with van der Waals surface area (Å²) in [5.74, 6) is -0.243. The molecule has 1 saturated carbocycles. The van der Waals surface area contributed by atoms with Crippen molar-refractivity contribution < 1.29 is 24.5 Å². The van der Waals surface area contributed by atoms with Gasteiger partial charge in [0.1, 0.15) is 18.0 Å². The second kappa shape index (κ2) is 9.88. The zero-order chi connectivity index (χ0) is 22.7. The zero-order valence-corrected chi connectivity index (χ0v) is 18.4. The molecule has 1 aromatic rings. The number of rotatable bonds is 7. The highest BCUT2D eigenvalue weighted by Gasteiger charge is 2.51. The predicted octanol–water partition coefficient (Wildman–Crippen LogP) is 2.05.